The first kappa shape index (κ1) is 23.0. The number of carbonyl (C=O) groups excluding carboxylic acids is 2. The highest BCUT2D eigenvalue weighted by atomic mass is 32.2. The number of amides is 2. The molecule has 0 spiro atoms. The average Bonchev–Trinajstić information content (AvgIpc) is 3.13. The Bertz CT molecular complexity index is 1250. The van der Waals surface area contributed by atoms with E-state index in [1.807, 2.05) is 12.3 Å². The summed E-state index contributed by atoms with van der Waals surface area (Å²) in [5, 5.41) is 6.39. The van der Waals surface area contributed by atoms with Crippen LogP contribution in [0.3, 0.4) is 0 Å². The van der Waals surface area contributed by atoms with Crippen molar-refractivity contribution in [3.63, 3.8) is 0 Å². The number of aromatic nitrogens is 1. The summed E-state index contributed by atoms with van der Waals surface area (Å²) in [6.45, 7) is 8.02. The van der Waals surface area contributed by atoms with Crippen LogP contribution in [0.15, 0.2) is 62.6 Å². The Morgan fingerprint density at radius 2 is 2.09 bits per heavy atom. The van der Waals surface area contributed by atoms with Crippen molar-refractivity contribution in [2.45, 2.75) is 38.0 Å². The van der Waals surface area contributed by atoms with E-state index >= 15 is 0 Å². The van der Waals surface area contributed by atoms with Crippen LogP contribution in [-0.4, -0.2) is 28.4 Å². The first-order valence-corrected chi connectivity index (χ1v) is 12.1. The number of benzene rings is 1. The van der Waals surface area contributed by atoms with Crippen LogP contribution >= 0.6 is 11.8 Å². The molecule has 2 aliphatic heterocycles. The van der Waals surface area contributed by atoms with Gasteiger partial charge in [-0.25, -0.2) is 4.79 Å². The van der Waals surface area contributed by atoms with E-state index in [9.17, 15) is 14.4 Å². The Morgan fingerprint density at radius 1 is 1.33 bits per heavy atom. The van der Waals surface area contributed by atoms with Gasteiger partial charge in [0.2, 0.25) is 5.91 Å². The molecule has 174 valence electrons. The van der Waals surface area contributed by atoms with Gasteiger partial charge in [0, 0.05) is 34.4 Å². The molecule has 8 nitrogen and oxygen atoms in total. The number of carbonyl (C=O) groups is 2. The van der Waals surface area contributed by atoms with E-state index in [1.165, 1.54) is 0 Å². The van der Waals surface area contributed by atoms with Gasteiger partial charge in [-0.2, -0.15) is 0 Å². The zero-order valence-electron chi connectivity index (χ0n) is 18.9. The number of primary amides is 1. The monoisotopic (exact) mass is 468 g/mol. The van der Waals surface area contributed by atoms with E-state index in [0.29, 0.717) is 40.7 Å². The molecule has 5 N–H and O–H groups in total. The van der Waals surface area contributed by atoms with E-state index in [0.717, 1.165) is 11.4 Å². The number of hydrogen-bond acceptors (Lipinski definition) is 6. The Morgan fingerprint density at radius 3 is 2.73 bits per heavy atom. The van der Waals surface area contributed by atoms with Gasteiger partial charge in [-0.3, -0.25) is 14.6 Å². The first-order valence-electron chi connectivity index (χ1n) is 10.9. The van der Waals surface area contributed by atoms with Crippen molar-refractivity contribution in [2.24, 2.45) is 17.6 Å². The van der Waals surface area contributed by atoms with Gasteiger partial charge >= 0.3 is 5.76 Å². The highest BCUT2D eigenvalue weighted by molar-refractivity contribution is 7.99. The first-order chi connectivity index (χ1) is 15.7. The van der Waals surface area contributed by atoms with Gasteiger partial charge in [0.25, 0.3) is 5.91 Å². The van der Waals surface area contributed by atoms with Gasteiger partial charge in [0.05, 0.1) is 10.9 Å². The van der Waals surface area contributed by atoms with Crippen LogP contribution in [-0.2, 0) is 9.59 Å². The normalized spacial score (nSPS) is 22.9. The van der Waals surface area contributed by atoms with Crippen molar-refractivity contribution in [3.05, 3.63) is 69.5 Å². The molecule has 33 heavy (non-hydrogen) atoms. The summed E-state index contributed by atoms with van der Waals surface area (Å²) in [5.74, 6) is -1.89. The van der Waals surface area contributed by atoms with Gasteiger partial charge < -0.3 is 20.8 Å². The van der Waals surface area contributed by atoms with Gasteiger partial charge in [0.15, 0.2) is 5.58 Å². The molecule has 3 unspecified atom stereocenters. The molecule has 9 heteroatoms. The topological polar surface area (TPSA) is 130 Å². The van der Waals surface area contributed by atoms with Crippen molar-refractivity contribution in [3.8, 4) is 0 Å². The highest BCUT2D eigenvalue weighted by Crippen LogP contribution is 2.45. The second-order valence-corrected chi connectivity index (χ2v) is 9.75. The van der Waals surface area contributed by atoms with E-state index in [2.05, 4.69) is 36.0 Å². The van der Waals surface area contributed by atoms with Crippen LogP contribution in [0.5, 0.6) is 0 Å². The molecular formula is C24H28N4O4S. The fourth-order valence-corrected chi connectivity index (χ4v) is 5.56. The smallest absolute Gasteiger partial charge is 0.408 e. The van der Waals surface area contributed by atoms with Gasteiger partial charge in [-0.05, 0) is 42.7 Å². The largest absolute Gasteiger partial charge is 0.417 e. The highest BCUT2D eigenvalue weighted by Gasteiger charge is 2.44. The number of nitrogens with two attached hydrogens (primary N) is 1. The molecule has 2 aliphatic rings. The lowest BCUT2D eigenvalue weighted by Crippen LogP contribution is -2.51. The lowest BCUT2D eigenvalue weighted by molar-refractivity contribution is -0.118. The van der Waals surface area contributed by atoms with Crippen LogP contribution in [0.2, 0.25) is 0 Å². The third-order valence-corrected chi connectivity index (χ3v) is 7.02. The van der Waals surface area contributed by atoms with Crippen LogP contribution in [0.25, 0.3) is 11.1 Å². The van der Waals surface area contributed by atoms with E-state index in [1.54, 1.807) is 30.0 Å². The van der Waals surface area contributed by atoms with Crippen molar-refractivity contribution in [1.82, 2.24) is 15.6 Å². The molecule has 3 atom stereocenters. The minimum atomic E-state index is -0.688. The lowest BCUT2D eigenvalue weighted by Gasteiger charge is -2.41. The van der Waals surface area contributed by atoms with Gasteiger partial charge in [-0.1, -0.05) is 26.0 Å². The second-order valence-electron chi connectivity index (χ2n) is 8.77. The van der Waals surface area contributed by atoms with Crippen LogP contribution in [0.1, 0.15) is 38.2 Å². The molecule has 4 rings (SSSR count). The zero-order chi connectivity index (χ0) is 23.9. The molecule has 1 aromatic carbocycles. The summed E-state index contributed by atoms with van der Waals surface area (Å²) in [5.41, 5.74) is 9.79. The maximum absolute atomic E-state index is 13.4. The predicted octanol–water partition coefficient (Wildman–Crippen LogP) is 2.86. The lowest BCUT2D eigenvalue weighted by atomic mass is 9.74. The van der Waals surface area contributed by atoms with Crippen molar-refractivity contribution < 1.29 is 14.0 Å². The van der Waals surface area contributed by atoms with E-state index in [4.69, 9.17) is 10.2 Å². The molecule has 2 aromatic rings. The Kier molecular flexibility index (Phi) is 6.25. The number of thioether (sulfide) groups is 1. The van der Waals surface area contributed by atoms with E-state index < -0.39 is 17.6 Å². The minimum Gasteiger partial charge on any atom is -0.408 e. The van der Waals surface area contributed by atoms with Crippen LogP contribution < -0.4 is 22.1 Å². The number of aromatic amines is 1. The second kappa shape index (κ2) is 8.97. The Hall–Kier alpha value is -3.20. The summed E-state index contributed by atoms with van der Waals surface area (Å²) in [6.07, 6.45) is 5.04. The fourth-order valence-electron chi connectivity index (χ4n) is 4.76. The number of nitrogens with one attached hydrogen (secondary N) is 3. The molecule has 0 radical (unpaired) electrons. The molecule has 3 heterocycles. The molecule has 0 aliphatic carbocycles. The van der Waals surface area contributed by atoms with E-state index in [-0.39, 0.29) is 23.1 Å². The van der Waals surface area contributed by atoms with Crippen molar-refractivity contribution in [1.29, 1.82) is 0 Å². The number of oxazole rings is 1. The maximum atomic E-state index is 13.4. The summed E-state index contributed by atoms with van der Waals surface area (Å²) in [6, 6.07) is 5.20. The number of dihydropyridines is 1. The van der Waals surface area contributed by atoms with Crippen molar-refractivity contribution >= 4 is 34.7 Å². The zero-order valence-corrected chi connectivity index (χ0v) is 19.7. The minimum absolute atomic E-state index is 0.0433. The molecule has 2 amide bonds. The number of rotatable bonds is 7. The summed E-state index contributed by atoms with van der Waals surface area (Å²) < 4.78 is 5.25. The third-order valence-electron chi connectivity index (χ3n) is 6.06. The quantitative estimate of drug-likeness (QED) is 0.462. The molecular weight excluding hydrogens is 440 g/mol. The van der Waals surface area contributed by atoms with Gasteiger partial charge in [-0.15, -0.1) is 18.3 Å². The fraction of sp³-hybridized carbons (Fsp3) is 0.375. The van der Waals surface area contributed by atoms with Crippen molar-refractivity contribution in [2.75, 3.05) is 6.26 Å². The van der Waals surface area contributed by atoms with Crippen LogP contribution in [0, 0.1) is 11.8 Å². The summed E-state index contributed by atoms with van der Waals surface area (Å²) in [4.78, 5) is 40.5. The number of H-pyrrole nitrogens is 1. The molecule has 0 bridgehead atoms. The Labute approximate surface area is 195 Å². The summed E-state index contributed by atoms with van der Waals surface area (Å²) >= 11 is 1.56. The molecule has 1 aromatic heterocycles. The SMILES string of the molecule is C=CCC1C2=C(C(=O)NC1SC)C(c1ccc3[nH]c(=O)oc3c1)C(C(N)=O)=C(CC(C)C)N2. The number of fused-ring (bicyclic) bond motifs is 1. The molecule has 0 saturated heterocycles. The number of allylic oxidation sites excluding steroid dienone is 2. The maximum Gasteiger partial charge on any atom is 0.417 e. The molecule has 0 saturated carbocycles. The van der Waals surface area contributed by atoms with Gasteiger partial charge in [0.1, 0.15) is 0 Å². The molecule has 0 fully saturated rings. The standard InChI is InChI=1S/C24H28N4O4S/c1-5-6-13-20-19(22(30)28-23(13)33-4)17(18(21(25)29)15(26-20)9-11(2)3)12-7-8-14-16(10-12)32-24(31)27-14/h5,7-8,10-11,13,17,23,26H,1,6,9H2,2-4H3,(H2,25,29)(H,27,31)(H,28,30). The third kappa shape index (κ3) is 4.13. The predicted molar refractivity (Wildman–Crippen MR) is 129 cm³/mol. The Balaban J connectivity index is 1.98. The average molecular weight is 469 g/mol. The van der Waals surface area contributed by atoms with Crippen LogP contribution in [0.4, 0.5) is 0 Å². The number of hydrogen-bond donors (Lipinski definition) is 4. The summed E-state index contributed by atoms with van der Waals surface area (Å²) in [7, 11) is 0.